The molecule has 2 rings (SSSR count). The molecule has 0 saturated carbocycles. The Balaban J connectivity index is 2.41. The highest BCUT2D eigenvalue weighted by atomic mass is 35.5. The lowest BCUT2D eigenvalue weighted by molar-refractivity contribution is 0.883. The Labute approximate surface area is 98.5 Å². The van der Waals surface area contributed by atoms with Crippen LogP contribution in [0.2, 0.25) is 5.02 Å². The smallest absolute Gasteiger partial charge is 0.0663 e. The first-order valence-corrected chi connectivity index (χ1v) is 6.00. The van der Waals surface area contributed by atoms with Gasteiger partial charge < -0.3 is 5.73 Å². The lowest BCUT2D eigenvalue weighted by atomic mass is 10.0. The highest BCUT2D eigenvalue weighted by molar-refractivity contribution is 7.10. The molecule has 78 valence electrons. The van der Waals surface area contributed by atoms with E-state index in [2.05, 4.69) is 19.1 Å². The first-order chi connectivity index (χ1) is 7.20. The Kier molecular flexibility index (Phi) is 3.10. The van der Waals surface area contributed by atoms with Gasteiger partial charge in [-0.05, 0) is 29.5 Å². The zero-order chi connectivity index (χ0) is 10.8. The van der Waals surface area contributed by atoms with Crippen molar-refractivity contribution >= 4 is 22.9 Å². The van der Waals surface area contributed by atoms with Crippen LogP contribution in [0.3, 0.4) is 0 Å². The molecule has 1 aromatic heterocycles. The fourth-order valence-electron chi connectivity index (χ4n) is 1.60. The van der Waals surface area contributed by atoms with E-state index in [1.165, 1.54) is 5.56 Å². The number of thiophene rings is 1. The van der Waals surface area contributed by atoms with E-state index in [-0.39, 0.29) is 6.04 Å². The van der Waals surface area contributed by atoms with Gasteiger partial charge in [-0.15, -0.1) is 11.3 Å². The molecule has 0 bridgehead atoms. The zero-order valence-electron chi connectivity index (χ0n) is 8.41. The molecule has 0 aliphatic heterocycles. The molecule has 0 radical (unpaired) electrons. The van der Waals surface area contributed by atoms with Crippen LogP contribution in [0.5, 0.6) is 0 Å². The van der Waals surface area contributed by atoms with Gasteiger partial charge in [0.1, 0.15) is 0 Å². The predicted octanol–water partition coefficient (Wildman–Crippen LogP) is 3.76. The van der Waals surface area contributed by atoms with E-state index in [0.29, 0.717) is 0 Å². The van der Waals surface area contributed by atoms with E-state index in [1.54, 1.807) is 11.3 Å². The summed E-state index contributed by atoms with van der Waals surface area (Å²) in [6.45, 7) is 2.07. The van der Waals surface area contributed by atoms with Crippen LogP contribution < -0.4 is 5.73 Å². The van der Waals surface area contributed by atoms with Crippen LogP contribution in [0, 0.1) is 6.92 Å². The summed E-state index contributed by atoms with van der Waals surface area (Å²) in [7, 11) is 0. The number of hydrogen-bond acceptors (Lipinski definition) is 2. The van der Waals surface area contributed by atoms with Gasteiger partial charge in [0.2, 0.25) is 0 Å². The standard InChI is InChI=1S/C12H12ClNS/c1-8-4-2-3-5-9(8)11(14)12-10(13)6-7-15-12/h2-7,11H,14H2,1H3. The van der Waals surface area contributed by atoms with Crippen molar-refractivity contribution in [2.45, 2.75) is 13.0 Å². The van der Waals surface area contributed by atoms with Crippen molar-refractivity contribution in [3.8, 4) is 0 Å². The second-order valence-corrected chi connectivity index (χ2v) is 4.82. The normalized spacial score (nSPS) is 12.7. The van der Waals surface area contributed by atoms with Crippen LogP contribution in [-0.4, -0.2) is 0 Å². The van der Waals surface area contributed by atoms with Crippen LogP contribution in [0.4, 0.5) is 0 Å². The van der Waals surface area contributed by atoms with Gasteiger partial charge in [-0.3, -0.25) is 0 Å². The summed E-state index contributed by atoms with van der Waals surface area (Å²) in [5.41, 5.74) is 8.53. The predicted molar refractivity (Wildman–Crippen MR) is 66.5 cm³/mol. The first kappa shape index (κ1) is 10.7. The van der Waals surface area contributed by atoms with E-state index in [0.717, 1.165) is 15.5 Å². The average Bonchev–Trinajstić information content (AvgIpc) is 2.64. The van der Waals surface area contributed by atoms with Crippen LogP contribution in [-0.2, 0) is 0 Å². The van der Waals surface area contributed by atoms with Crippen molar-refractivity contribution in [3.05, 3.63) is 56.7 Å². The molecule has 3 heteroatoms. The second-order valence-electron chi connectivity index (χ2n) is 3.47. The summed E-state index contributed by atoms with van der Waals surface area (Å²) in [4.78, 5) is 1.03. The molecule has 1 nitrogen and oxygen atoms in total. The zero-order valence-corrected chi connectivity index (χ0v) is 9.98. The number of aryl methyl sites for hydroxylation is 1. The second kappa shape index (κ2) is 4.35. The van der Waals surface area contributed by atoms with Crippen LogP contribution >= 0.6 is 22.9 Å². The van der Waals surface area contributed by atoms with Gasteiger partial charge in [0.05, 0.1) is 11.1 Å². The maximum absolute atomic E-state index is 6.19. The molecule has 0 fully saturated rings. The minimum atomic E-state index is -0.112. The van der Waals surface area contributed by atoms with Crippen LogP contribution in [0.1, 0.15) is 22.0 Å². The van der Waals surface area contributed by atoms with Gasteiger partial charge in [-0.1, -0.05) is 35.9 Å². The molecule has 0 spiro atoms. The van der Waals surface area contributed by atoms with E-state index < -0.39 is 0 Å². The topological polar surface area (TPSA) is 26.0 Å². The van der Waals surface area contributed by atoms with Gasteiger partial charge in [-0.25, -0.2) is 0 Å². The third kappa shape index (κ3) is 2.07. The Morgan fingerprint density at radius 2 is 2.00 bits per heavy atom. The molecule has 1 unspecified atom stereocenters. The minimum absolute atomic E-state index is 0.112. The van der Waals surface area contributed by atoms with Crippen LogP contribution in [0.25, 0.3) is 0 Å². The third-order valence-corrected chi connectivity index (χ3v) is 3.89. The highest BCUT2D eigenvalue weighted by Crippen LogP contribution is 2.32. The quantitative estimate of drug-likeness (QED) is 0.846. The summed E-state index contributed by atoms with van der Waals surface area (Å²) in [6.07, 6.45) is 0. The average molecular weight is 238 g/mol. The van der Waals surface area contributed by atoms with E-state index in [4.69, 9.17) is 17.3 Å². The molecule has 1 aromatic carbocycles. The fraction of sp³-hybridized carbons (Fsp3) is 0.167. The van der Waals surface area contributed by atoms with Gasteiger partial charge in [-0.2, -0.15) is 0 Å². The SMILES string of the molecule is Cc1ccccc1C(N)c1sccc1Cl. The maximum atomic E-state index is 6.19. The largest absolute Gasteiger partial charge is 0.320 e. The molecule has 0 amide bonds. The minimum Gasteiger partial charge on any atom is -0.320 e. The van der Waals surface area contributed by atoms with Gasteiger partial charge in [0.25, 0.3) is 0 Å². The summed E-state index contributed by atoms with van der Waals surface area (Å²) < 4.78 is 0. The summed E-state index contributed by atoms with van der Waals surface area (Å²) >= 11 is 7.67. The third-order valence-electron chi connectivity index (χ3n) is 2.45. The molecule has 1 heterocycles. The van der Waals surface area contributed by atoms with E-state index in [1.807, 2.05) is 23.6 Å². The summed E-state index contributed by atoms with van der Waals surface area (Å²) in [5, 5.41) is 2.73. The van der Waals surface area contributed by atoms with E-state index >= 15 is 0 Å². The van der Waals surface area contributed by atoms with Crippen LogP contribution in [0.15, 0.2) is 35.7 Å². The molecule has 2 aromatic rings. The molecule has 0 aliphatic rings. The van der Waals surface area contributed by atoms with Crippen molar-refractivity contribution in [2.75, 3.05) is 0 Å². The Hall–Kier alpha value is -0.830. The Bertz CT molecular complexity index is 464. The number of rotatable bonds is 2. The number of hydrogen-bond donors (Lipinski definition) is 1. The molecular weight excluding hydrogens is 226 g/mol. The van der Waals surface area contributed by atoms with E-state index in [9.17, 15) is 0 Å². The molecule has 2 N–H and O–H groups in total. The molecule has 1 atom stereocenters. The number of halogens is 1. The van der Waals surface area contributed by atoms with Crippen molar-refractivity contribution in [3.63, 3.8) is 0 Å². The lowest BCUT2D eigenvalue weighted by Gasteiger charge is -2.13. The Morgan fingerprint density at radius 1 is 1.27 bits per heavy atom. The van der Waals surface area contributed by atoms with Gasteiger partial charge >= 0.3 is 0 Å². The lowest BCUT2D eigenvalue weighted by Crippen LogP contribution is -2.11. The van der Waals surface area contributed by atoms with Gasteiger partial charge in [0, 0.05) is 4.88 Å². The Morgan fingerprint density at radius 3 is 2.60 bits per heavy atom. The summed E-state index contributed by atoms with van der Waals surface area (Å²) in [6, 6.07) is 9.91. The maximum Gasteiger partial charge on any atom is 0.0663 e. The molecular formula is C12H12ClNS. The fourth-order valence-corrected chi connectivity index (χ4v) is 2.80. The molecule has 15 heavy (non-hydrogen) atoms. The number of nitrogens with two attached hydrogens (primary N) is 1. The molecule has 0 saturated heterocycles. The monoisotopic (exact) mass is 237 g/mol. The first-order valence-electron chi connectivity index (χ1n) is 4.74. The van der Waals surface area contributed by atoms with Crippen molar-refractivity contribution in [1.82, 2.24) is 0 Å². The molecule has 0 aliphatic carbocycles. The van der Waals surface area contributed by atoms with Gasteiger partial charge in [0.15, 0.2) is 0 Å². The highest BCUT2D eigenvalue weighted by Gasteiger charge is 2.14. The van der Waals surface area contributed by atoms with Crippen molar-refractivity contribution in [2.24, 2.45) is 5.73 Å². The van der Waals surface area contributed by atoms with Crippen molar-refractivity contribution < 1.29 is 0 Å². The van der Waals surface area contributed by atoms with Crippen molar-refractivity contribution in [1.29, 1.82) is 0 Å². The number of benzene rings is 1. The summed E-state index contributed by atoms with van der Waals surface area (Å²) in [5.74, 6) is 0.